The first-order chi connectivity index (χ1) is 18.4. The Morgan fingerprint density at radius 3 is 2.38 bits per heavy atom. The smallest absolute Gasteiger partial charge is 0.302 e. The molecule has 228 valence electrons. The number of allylic oxidation sites excluding steroid dienone is 1. The first kappa shape index (κ1) is 30.5. The van der Waals surface area contributed by atoms with Crippen molar-refractivity contribution in [3.63, 3.8) is 0 Å². The molecule has 7 heteroatoms. The molecule has 4 aliphatic carbocycles. The standard InChI is InChI=1S/C33H54O7/c1-18(34)39-26-17-24-29(2,3)25(35)13-15-32(24,7)23-12-14-31(6)20(10-11-22(31)33(23,26)8)19-16-21(40-28(19)38-9)27(36)30(4,5)37/h11,19-21,23-28,35-37H,10,12-17H2,1-9H3. The number of carbonyl (C=O) groups excluding carboxylic acids is 1. The van der Waals surface area contributed by atoms with E-state index in [4.69, 9.17) is 14.2 Å². The minimum atomic E-state index is -1.26. The summed E-state index contributed by atoms with van der Waals surface area (Å²) >= 11 is 0. The molecule has 5 aliphatic rings. The van der Waals surface area contributed by atoms with E-state index in [0.717, 1.165) is 38.5 Å². The molecule has 3 N–H and O–H groups in total. The van der Waals surface area contributed by atoms with Gasteiger partial charge in [0.05, 0.1) is 17.8 Å². The van der Waals surface area contributed by atoms with Crippen LogP contribution in [-0.2, 0) is 19.0 Å². The Hall–Kier alpha value is -0.990. The topological polar surface area (TPSA) is 105 Å². The van der Waals surface area contributed by atoms with Crippen LogP contribution in [0.1, 0.15) is 100 Å². The molecule has 0 aromatic rings. The quantitative estimate of drug-likeness (QED) is 0.320. The van der Waals surface area contributed by atoms with Crippen LogP contribution in [0.25, 0.3) is 0 Å². The molecule has 5 rings (SSSR count). The van der Waals surface area contributed by atoms with Gasteiger partial charge >= 0.3 is 5.97 Å². The third kappa shape index (κ3) is 4.27. The van der Waals surface area contributed by atoms with Crippen LogP contribution in [0, 0.1) is 45.3 Å². The van der Waals surface area contributed by atoms with E-state index >= 15 is 0 Å². The second kappa shape index (κ2) is 9.77. The van der Waals surface area contributed by atoms with Gasteiger partial charge in [0.1, 0.15) is 12.2 Å². The molecule has 7 nitrogen and oxygen atoms in total. The van der Waals surface area contributed by atoms with Crippen molar-refractivity contribution in [3.8, 4) is 0 Å². The lowest BCUT2D eigenvalue weighted by Gasteiger charge is -2.68. The van der Waals surface area contributed by atoms with Crippen molar-refractivity contribution >= 4 is 5.97 Å². The highest BCUT2D eigenvalue weighted by Gasteiger charge is 2.69. The Bertz CT molecular complexity index is 1030. The summed E-state index contributed by atoms with van der Waals surface area (Å²) in [5.41, 5.74) is -0.469. The Morgan fingerprint density at radius 2 is 1.77 bits per heavy atom. The average Bonchev–Trinajstić information content (AvgIpc) is 3.43. The molecule has 1 heterocycles. The lowest BCUT2D eigenvalue weighted by molar-refractivity contribution is -0.223. The summed E-state index contributed by atoms with van der Waals surface area (Å²) in [7, 11) is 1.67. The molecule has 12 atom stereocenters. The highest BCUT2D eigenvalue weighted by molar-refractivity contribution is 5.66. The first-order valence-corrected chi connectivity index (χ1v) is 15.6. The van der Waals surface area contributed by atoms with Crippen molar-refractivity contribution in [2.24, 2.45) is 45.3 Å². The number of aliphatic hydroxyl groups excluding tert-OH is 2. The molecule has 0 bridgehead atoms. The minimum absolute atomic E-state index is 0.0435. The van der Waals surface area contributed by atoms with Gasteiger partial charge in [-0.2, -0.15) is 0 Å². The number of esters is 1. The fourth-order valence-corrected chi connectivity index (χ4v) is 10.9. The zero-order chi connectivity index (χ0) is 29.6. The van der Waals surface area contributed by atoms with Crippen LogP contribution in [0.2, 0.25) is 0 Å². The number of methoxy groups -OCH3 is 1. The van der Waals surface area contributed by atoms with Gasteiger partial charge in [-0.25, -0.2) is 0 Å². The molecule has 1 saturated heterocycles. The van der Waals surface area contributed by atoms with Crippen molar-refractivity contribution in [2.45, 2.75) is 137 Å². The van der Waals surface area contributed by atoms with Crippen LogP contribution >= 0.6 is 0 Å². The van der Waals surface area contributed by atoms with Crippen molar-refractivity contribution < 1.29 is 34.3 Å². The molecule has 0 radical (unpaired) electrons. The van der Waals surface area contributed by atoms with Gasteiger partial charge in [0.2, 0.25) is 0 Å². The van der Waals surface area contributed by atoms with E-state index in [1.807, 2.05) is 0 Å². The maximum Gasteiger partial charge on any atom is 0.302 e. The summed E-state index contributed by atoms with van der Waals surface area (Å²) in [6, 6.07) is 0. The van der Waals surface area contributed by atoms with Crippen LogP contribution in [0.5, 0.6) is 0 Å². The van der Waals surface area contributed by atoms with Crippen molar-refractivity contribution in [2.75, 3.05) is 7.11 Å². The Labute approximate surface area is 241 Å². The van der Waals surface area contributed by atoms with Crippen LogP contribution in [0.15, 0.2) is 11.6 Å². The second-order valence-corrected chi connectivity index (χ2v) is 15.8. The normalized spacial score (nSPS) is 49.0. The van der Waals surface area contributed by atoms with Gasteiger partial charge < -0.3 is 29.5 Å². The maximum atomic E-state index is 12.5. The third-order valence-electron chi connectivity index (χ3n) is 13.0. The Morgan fingerprint density at radius 1 is 1.10 bits per heavy atom. The first-order valence-electron chi connectivity index (χ1n) is 15.6. The van der Waals surface area contributed by atoms with E-state index in [9.17, 15) is 20.1 Å². The molecular weight excluding hydrogens is 508 g/mol. The summed E-state index contributed by atoms with van der Waals surface area (Å²) < 4.78 is 18.3. The Balaban J connectivity index is 1.51. The van der Waals surface area contributed by atoms with Gasteiger partial charge in [0.15, 0.2) is 6.29 Å². The third-order valence-corrected chi connectivity index (χ3v) is 13.0. The summed E-state index contributed by atoms with van der Waals surface area (Å²) in [4.78, 5) is 12.5. The number of rotatable bonds is 5. The van der Waals surface area contributed by atoms with Crippen LogP contribution in [0.3, 0.4) is 0 Å². The summed E-state index contributed by atoms with van der Waals surface area (Å²) in [5, 5.41) is 32.4. The number of fused-ring (bicyclic) bond motifs is 5. The molecule has 0 aromatic carbocycles. The molecule has 0 aromatic heterocycles. The van der Waals surface area contributed by atoms with Crippen LogP contribution in [-0.4, -0.2) is 64.7 Å². The molecule has 1 aliphatic heterocycles. The van der Waals surface area contributed by atoms with Gasteiger partial charge in [-0.1, -0.05) is 46.3 Å². The highest BCUT2D eigenvalue weighted by atomic mass is 16.7. The number of aliphatic hydroxyl groups is 3. The fourth-order valence-electron chi connectivity index (χ4n) is 10.9. The Kier molecular flexibility index (Phi) is 7.44. The van der Waals surface area contributed by atoms with Crippen molar-refractivity contribution in [3.05, 3.63) is 11.6 Å². The molecule has 40 heavy (non-hydrogen) atoms. The minimum Gasteiger partial charge on any atom is -0.462 e. The highest BCUT2D eigenvalue weighted by Crippen LogP contribution is 2.74. The van der Waals surface area contributed by atoms with E-state index in [2.05, 4.69) is 40.7 Å². The fraction of sp³-hybridized carbons (Fsp3) is 0.909. The number of hydrogen-bond acceptors (Lipinski definition) is 7. The molecule has 0 spiro atoms. The second-order valence-electron chi connectivity index (χ2n) is 15.8. The van der Waals surface area contributed by atoms with Gasteiger partial charge in [-0.05, 0) is 92.8 Å². The lowest BCUT2D eigenvalue weighted by atomic mass is 9.37. The molecular formula is C33H54O7. The number of hydrogen-bond donors (Lipinski definition) is 3. The van der Waals surface area contributed by atoms with E-state index in [1.54, 1.807) is 21.0 Å². The predicted molar refractivity (Wildman–Crippen MR) is 152 cm³/mol. The zero-order valence-electron chi connectivity index (χ0n) is 26.2. The summed E-state index contributed by atoms with van der Waals surface area (Å²) in [5.74, 6) is 0.706. The SMILES string of the molecule is COC1OC(C(O)C(C)(C)O)CC1C1CC=C2C1(C)CCC1C3(C)CCC(O)C(C)(C)C3CC(OC(C)=O)C21C. The monoisotopic (exact) mass is 562 g/mol. The average molecular weight is 563 g/mol. The summed E-state index contributed by atoms with van der Waals surface area (Å²) in [6.45, 7) is 16.4. The van der Waals surface area contributed by atoms with Gasteiger partial charge in [0.25, 0.3) is 0 Å². The van der Waals surface area contributed by atoms with Crippen molar-refractivity contribution in [1.29, 1.82) is 0 Å². The molecule has 12 unspecified atom stereocenters. The molecule has 4 fully saturated rings. The molecule has 3 saturated carbocycles. The molecule has 0 amide bonds. The van der Waals surface area contributed by atoms with E-state index in [-0.39, 0.29) is 57.6 Å². The predicted octanol–water partition coefficient (Wildman–Crippen LogP) is 5.00. The van der Waals surface area contributed by atoms with E-state index in [1.165, 1.54) is 12.5 Å². The van der Waals surface area contributed by atoms with Crippen molar-refractivity contribution in [1.82, 2.24) is 0 Å². The number of carbonyl (C=O) groups is 1. The van der Waals surface area contributed by atoms with Gasteiger partial charge in [-0.15, -0.1) is 0 Å². The van der Waals surface area contributed by atoms with E-state index < -0.39 is 24.1 Å². The largest absolute Gasteiger partial charge is 0.462 e. The number of ether oxygens (including phenoxy) is 3. The maximum absolute atomic E-state index is 12.5. The zero-order valence-corrected chi connectivity index (χ0v) is 26.2. The lowest BCUT2D eigenvalue weighted by Crippen LogP contribution is -2.66. The van der Waals surface area contributed by atoms with Gasteiger partial charge in [0, 0.05) is 25.4 Å². The van der Waals surface area contributed by atoms with Gasteiger partial charge in [-0.3, -0.25) is 4.79 Å². The van der Waals surface area contributed by atoms with Crippen LogP contribution < -0.4 is 0 Å². The summed E-state index contributed by atoms with van der Waals surface area (Å²) in [6.07, 6.45) is 6.06. The van der Waals surface area contributed by atoms with E-state index in [0.29, 0.717) is 12.3 Å². The van der Waals surface area contributed by atoms with Crippen LogP contribution in [0.4, 0.5) is 0 Å².